The number of aromatic nitrogens is 2. The molecule has 2 aromatic carbocycles. The van der Waals surface area contributed by atoms with Crippen LogP contribution in [0.25, 0.3) is 22.4 Å². The van der Waals surface area contributed by atoms with Crippen molar-refractivity contribution in [2.45, 2.75) is 12.8 Å². The normalized spacial score (nSPS) is 15.4. The van der Waals surface area contributed by atoms with Crippen LogP contribution in [0.2, 0.25) is 0 Å². The van der Waals surface area contributed by atoms with Gasteiger partial charge < -0.3 is 15.6 Å². The Morgan fingerprint density at radius 1 is 1.16 bits per heavy atom. The molecule has 128 valence electrons. The maximum atomic E-state index is 13.4. The molecule has 6 heteroatoms. The van der Waals surface area contributed by atoms with E-state index < -0.39 is 0 Å². The van der Waals surface area contributed by atoms with E-state index >= 15 is 0 Å². The van der Waals surface area contributed by atoms with Gasteiger partial charge >= 0.3 is 0 Å². The fourth-order valence-corrected chi connectivity index (χ4v) is 3.19. The highest BCUT2D eigenvalue weighted by Gasteiger charge is 2.21. The zero-order valence-electron chi connectivity index (χ0n) is 13.7. The van der Waals surface area contributed by atoms with Crippen LogP contribution in [-0.2, 0) is 4.79 Å². The number of rotatable bonds is 3. The molecule has 0 bridgehead atoms. The topological polar surface area (TPSA) is 69.8 Å². The van der Waals surface area contributed by atoms with Crippen LogP contribution < -0.4 is 10.6 Å². The predicted molar refractivity (Wildman–Crippen MR) is 95.7 cm³/mol. The fraction of sp³-hybridized carbons (Fsp3) is 0.263. The molecule has 1 saturated heterocycles. The number of piperidine rings is 1. The number of hydrogen-bond donors (Lipinski definition) is 3. The number of benzene rings is 2. The van der Waals surface area contributed by atoms with Gasteiger partial charge in [-0.15, -0.1) is 0 Å². The molecule has 1 amide bonds. The first kappa shape index (κ1) is 15.8. The molecule has 4 rings (SSSR count). The lowest BCUT2D eigenvalue weighted by molar-refractivity contribution is -0.120. The molecule has 3 aromatic rings. The molecule has 0 unspecified atom stereocenters. The number of carbonyl (C=O) groups is 1. The third-order valence-electron chi connectivity index (χ3n) is 4.56. The fourth-order valence-electron chi connectivity index (χ4n) is 3.19. The lowest BCUT2D eigenvalue weighted by Gasteiger charge is -2.21. The van der Waals surface area contributed by atoms with Crippen molar-refractivity contribution in [3.8, 4) is 11.4 Å². The van der Waals surface area contributed by atoms with E-state index in [1.807, 2.05) is 18.2 Å². The third kappa shape index (κ3) is 3.39. The van der Waals surface area contributed by atoms with Crippen molar-refractivity contribution >= 4 is 22.6 Å². The van der Waals surface area contributed by atoms with Crippen molar-refractivity contribution < 1.29 is 9.18 Å². The second-order valence-electron chi connectivity index (χ2n) is 6.34. The molecule has 0 aliphatic carbocycles. The second kappa shape index (κ2) is 6.64. The Hall–Kier alpha value is -2.73. The van der Waals surface area contributed by atoms with Gasteiger partial charge in [0.25, 0.3) is 0 Å². The molecule has 0 radical (unpaired) electrons. The Morgan fingerprint density at radius 2 is 2.00 bits per heavy atom. The minimum atomic E-state index is -0.298. The van der Waals surface area contributed by atoms with Gasteiger partial charge in [0.1, 0.15) is 11.6 Å². The van der Waals surface area contributed by atoms with E-state index in [1.165, 1.54) is 12.1 Å². The molecular formula is C19H19FN4O. The first-order chi connectivity index (χ1) is 12.2. The van der Waals surface area contributed by atoms with E-state index in [1.54, 1.807) is 12.1 Å². The Labute approximate surface area is 144 Å². The lowest BCUT2D eigenvalue weighted by atomic mass is 9.97. The monoisotopic (exact) mass is 338 g/mol. The largest absolute Gasteiger partial charge is 0.338 e. The number of aromatic amines is 1. The molecule has 5 nitrogen and oxygen atoms in total. The van der Waals surface area contributed by atoms with E-state index in [-0.39, 0.29) is 17.6 Å². The van der Waals surface area contributed by atoms with Crippen LogP contribution in [0.1, 0.15) is 12.8 Å². The van der Waals surface area contributed by atoms with Gasteiger partial charge in [0.05, 0.1) is 11.0 Å². The summed E-state index contributed by atoms with van der Waals surface area (Å²) < 4.78 is 13.4. The molecule has 0 atom stereocenters. The minimum Gasteiger partial charge on any atom is -0.338 e. The van der Waals surface area contributed by atoms with Crippen molar-refractivity contribution in [1.82, 2.24) is 15.3 Å². The molecule has 1 aromatic heterocycles. The molecule has 0 saturated carbocycles. The maximum absolute atomic E-state index is 13.4. The van der Waals surface area contributed by atoms with Gasteiger partial charge in [0.2, 0.25) is 5.91 Å². The van der Waals surface area contributed by atoms with Gasteiger partial charge in [-0.3, -0.25) is 4.79 Å². The van der Waals surface area contributed by atoms with Crippen LogP contribution >= 0.6 is 0 Å². The van der Waals surface area contributed by atoms with Gasteiger partial charge in [0, 0.05) is 17.2 Å². The van der Waals surface area contributed by atoms with Crippen LogP contribution in [-0.4, -0.2) is 29.0 Å². The lowest BCUT2D eigenvalue weighted by Crippen LogP contribution is -2.34. The average Bonchev–Trinajstić information content (AvgIpc) is 3.06. The van der Waals surface area contributed by atoms with E-state index in [9.17, 15) is 9.18 Å². The smallest absolute Gasteiger partial charge is 0.227 e. The van der Waals surface area contributed by atoms with Crippen LogP contribution in [0.3, 0.4) is 0 Å². The third-order valence-corrected chi connectivity index (χ3v) is 4.56. The quantitative estimate of drug-likeness (QED) is 0.686. The number of nitrogens with zero attached hydrogens (tertiary/aromatic N) is 1. The summed E-state index contributed by atoms with van der Waals surface area (Å²) in [4.78, 5) is 20.0. The van der Waals surface area contributed by atoms with E-state index in [2.05, 4.69) is 20.6 Å². The Balaban J connectivity index is 1.56. The summed E-state index contributed by atoms with van der Waals surface area (Å²) in [6.45, 7) is 1.77. The molecule has 1 fully saturated rings. The van der Waals surface area contributed by atoms with Gasteiger partial charge in [-0.05, 0) is 56.3 Å². The van der Waals surface area contributed by atoms with Crippen molar-refractivity contribution in [3.63, 3.8) is 0 Å². The zero-order valence-corrected chi connectivity index (χ0v) is 13.7. The highest BCUT2D eigenvalue weighted by Crippen LogP contribution is 2.24. The number of imidazole rings is 1. The molecule has 2 heterocycles. The molecule has 3 N–H and O–H groups in total. The van der Waals surface area contributed by atoms with Crippen molar-refractivity contribution in [3.05, 3.63) is 48.3 Å². The summed E-state index contributed by atoms with van der Waals surface area (Å²) in [6.07, 6.45) is 1.73. The number of hydrogen-bond acceptors (Lipinski definition) is 3. The zero-order chi connectivity index (χ0) is 17.2. The number of halogens is 1. The van der Waals surface area contributed by atoms with Crippen molar-refractivity contribution in [1.29, 1.82) is 0 Å². The summed E-state index contributed by atoms with van der Waals surface area (Å²) in [6, 6.07) is 11.9. The molecule has 25 heavy (non-hydrogen) atoms. The van der Waals surface area contributed by atoms with Gasteiger partial charge in [-0.2, -0.15) is 0 Å². The first-order valence-corrected chi connectivity index (χ1v) is 8.46. The van der Waals surface area contributed by atoms with Gasteiger partial charge in [0.15, 0.2) is 0 Å². The SMILES string of the molecule is O=C(Nc1ccc2nc(-c3cccc(F)c3)[nH]c2c1)C1CCNCC1. The van der Waals surface area contributed by atoms with E-state index in [0.29, 0.717) is 11.4 Å². The van der Waals surface area contributed by atoms with E-state index in [4.69, 9.17) is 0 Å². The summed E-state index contributed by atoms with van der Waals surface area (Å²) >= 11 is 0. The number of anilines is 1. The average molecular weight is 338 g/mol. The predicted octanol–water partition coefficient (Wildman–Crippen LogP) is 3.31. The molecule has 1 aliphatic rings. The summed E-state index contributed by atoms with van der Waals surface area (Å²) in [5.74, 6) is 0.427. The second-order valence-corrected chi connectivity index (χ2v) is 6.34. The summed E-state index contributed by atoms with van der Waals surface area (Å²) in [7, 11) is 0. The van der Waals surface area contributed by atoms with Crippen LogP contribution in [0, 0.1) is 11.7 Å². The molecule has 0 spiro atoms. The van der Waals surface area contributed by atoms with Gasteiger partial charge in [-0.1, -0.05) is 12.1 Å². The maximum Gasteiger partial charge on any atom is 0.227 e. The Kier molecular flexibility index (Phi) is 4.19. The number of nitrogens with one attached hydrogen (secondary N) is 3. The highest BCUT2D eigenvalue weighted by atomic mass is 19.1. The Morgan fingerprint density at radius 3 is 2.80 bits per heavy atom. The van der Waals surface area contributed by atoms with Crippen molar-refractivity contribution in [2.75, 3.05) is 18.4 Å². The summed E-state index contributed by atoms with van der Waals surface area (Å²) in [5.41, 5.74) is 3.02. The minimum absolute atomic E-state index is 0.0570. The molecule has 1 aliphatic heterocycles. The summed E-state index contributed by atoms with van der Waals surface area (Å²) in [5, 5.41) is 6.25. The first-order valence-electron chi connectivity index (χ1n) is 8.46. The standard InChI is InChI=1S/C19H19FN4O/c20-14-3-1-2-13(10-14)18-23-16-5-4-15(11-17(16)24-18)22-19(25)12-6-8-21-9-7-12/h1-5,10-12,21H,6-9H2,(H,22,25)(H,23,24). The Bertz CT molecular complexity index is 915. The van der Waals surface area contributed by atoms with Crippen LogP contribution in [0.4, 0.5) is 10.1 Å². The number of amides is 1. The number of H-pyrrole nitrogens is 1. The van der Waals surface area contributed by atoms with Crippen molar-refractivity contribution in [2.24, 2.45) is 5.92 Å². The van der Waals surface area contributed by atoms with Crippen LogP contribution in [0.15, 0.2) is 42.5 Å². The number of fused-ring (bicyclic) bond motifs is 1. The molecular weight excluding hydrogens is 319 g/mol. The van der Waals surface area contributed by atoms with E-state index in [0.717, 1.165) is 42.7 Å². The number of carbonyl (C=O) groups excluding carboxylic acids is 1. The van der Waals surface area contributed by atoms with Crippen LogP contribution in [0.5, 0.6) is 0 Å². The van der Waals surface area contributed by atoms with Gasteiger partial charge in [-0.25, -0.2) is 9.37 Å². The highest BCUT2D eigenvalue weighted by molar-refractivity contribution is 5.94.